The molecule has 0 aromatic heterocycles. The number of amides is 3. The lowest BCUT2D eigenvalue weighted by Crippen LogP contribution is -2.42. The molecule has 7 heteroatoms. The molecule has 0 aliphatic carbocycles. The highest BCUT2D eigenvalue weighted by Gasteiger charge is 2.35. The third kappa shape index (κ3) is 3.56. The quantitative estimate of drug-likeness (QED) is 0.731. The molecule has 0 saturated carbocycles. The maximum Gasteiger partial charge on any atom is 0.326 e. The predicted molar refractivity (Wildman–Crippen MR) is 80.9 cm³/mol. The van der Waals surface area contributed by atoms with Crippen LogP contribution in [-0.2, 0) is 9.59 Å². The van der Waals surface area contributed by atoms with Gasteiger partial charge in [-0.05, 0) is 18.6 Å². The molecule has 1 heterocycles. The summed E-state index contributed by atoms with van der Waals surface area (Å²) in [5.41, 5.74) is 0.652. The summed E-state index contributed by atoms with van der Waals surface area (Å²) >= 11 is 0. The van der Waals surface area contributed by atoms with Crippen LogP contribution in [-0.4, -0.2) is 46.3 Å². The normalized spacial score (nSPS) is 14.6. The minimum atomic E-state index is -1.10. The van der Waals surface area contributed by atoms with Crippen LogP contribution in [0, 0.1) is 0 Å². The number of carboxylic acid groups (broad SMARTS) is 1. The molecule has 1 unspecified atom stereocenters. The standard InChI is InChI=1S/C16H18N2O5/c1-2-5-12(16(22)23)17-13(19)8-9-18-14(20)10-6-3-4-7-11(10)15(18)21/h3-4,6-7,12H,2,5,8-9H2,1H3,(H,17,19)(H,22,23). The van der Waals surface area contributed by atoms with Crippen molar-refractivity contribution in [3.63, 3.8) is 0 Å². The fraction of sp³-hybridized carbons (Fsp3) is 0.375. The number of carboxylic acids is 1. The fourth-order valence-corrected chi connectivity index (χ4v) is 2.47. The Kier molecular flexibility index (Phi) is 5.10. The SMILES string of the molecule is CCCC(NC(=O)CCN1C(=O)c2ccccc2C1=O)C(=O)O. The Morgan fingerprint density at radius 2 is 1.74 bits per heavy atom. The molecule has 1 aliphatic heterocycles. The van der Waals surface area contributed by atoms with E-state index in [2.05, 4.69) is 5.32 Å². The first-order valence-electron chi connectivity index (χ1n) is 7.43. The molecule has 0 bridgehead atoms. The molecular weight excluding hydrogens is 300 g/mol. The van der Waals surface area contributed by atoms with Crippen molar-refractivity contribution in [2.75, 3.05) is 6.54 Å². The van der Waals surface area contributed by atoms with Crippen molar-refractivity contribution >= 4 is 23.7 Å². The smallest absolute Gasteiger partial charge is 0.326 e. The van der Waals surface area contributed by atoms with E-state index >= 15 is 0 Å². The van der Waals surface area contributed by atoms with Gasteiger partial charge < -0.3 is 10.4 Å². The number of nitrogens with one attached hydrogen (secondary N) is 1. The largest absolute Gasteiger partial charge is 0.480 e. The first kappa shape index (κ1) is 16.7. The van der Waals surface area contributed by atoms with Gasteiger partial charge >= 0.3 is 5.97 Å². The zero-order valence-electron chi connectivity index (χ0n) is 12.7. The van der Waals surface area contributed by atoms with Gasteiger partial charge in [-0.15, -0.1) is 0 Å². The number of imide groups is 1. The summed E-state index contributed by atoms with van der Waals surface area (Å²) in [6.45, 7) is 1.75. The van der Waals surface area contributed by atoms with E-state index in [0.717, 1.165) is 4.90 Å². The summed E-state index contributed by atoms with van der Waals surface area (Å²) in [4.78, 5) is 48.1. The number of carbonyl (C=O) groups is 4. The number of hydrogen-bond acceptors (Lipinski definition) is 4. The maximum atomic E-state index is 12.1. The summed E-state index contributed by atoms with van der Waals surface area (Å²) in [6.07, 6.45) is 0.822. The Morgan fingerprint density at radius 3 is 2.22 bits per heavy atom. The third-order valence-electron chi connectivity index (χ3n) is 3.65. The van der Waals surface area contributed by atoms with E-state index in [1.807, 2.05) is 6.92 Å². The highest BCUT2D eigenvalue weighted by Crippen LogP contribution is 2.22. The lowest BCUT2D eigenvalue weighted by atomic mass is 10.1. The minimum absolute atomic E-state index is 0.0728. The Labute approximate surface area is 133 Å². The summed E-state index contributed by atoms with van der Waals surface area (Å²) in [7, 11) is 0. The summed E-state index contributed by atoms with van der Waals surface area (Å²) in [5.74, 6) is -2.45. The number of fused-ring (bicyclic) bond motifs is 1. The molecule has 3 amide bonds. The second kappa shape index (κ2) is 7.04. The van der Waals surface area contributed by atoms with Crippen LogP contribution in [0.2, 0.25) is 0 Å². The van der Waals surface area contributed by atoms with Gasteiger partial charge in [0.15, 0.2) is 0 Å². The highest BCUT2D eigenvalue weighted by atomic mass is 16.4. The van der Waals surface area contributed by atoms with Gasteiger partial charge in [-0.25, -0.2) is 4.79 Å². The van der Waals surface area contributed by atoms with Crippen LogP contribution < -0.4 is 5.32 Å². The molecule has 1 aromatic carbocycles. The lowest BCUT2D eigenvalue weighted by Gasteiger charge is -2.16. The molecule has 122 valence electrons. The monoisotopic (exact) mass is 318 g/mol. The topological polar surface area (TPSA) is 104 Å². The molecule has 0 saturated heterocycles. The first-order chi connectivity index (χ1) is 11.0. The van der Waals surface area contributed by atoms with E-state index in [1.54, 1.807) is 24.3 Å². The fourth-order valence-electron chi connectivity index (χ4n) is 2.47. The molecular formula is C16H18N2O5. The Morgan fingerprint density at radius 1 is 1.17 bits per heavy atom. The van der Waals surface area contributed by atoms with E-state index in [1.165, 1.54) is 0 Å². The summed E-state index contributed by atoms with van der Waals surface area (Å²) < 4.78 is 0. The molecule has 0 fully saturated rings. The van der Waals surface area contributed by atoms with Gasteiger partial charge in [0.05, 0.1) is 11.1 Å². The van der Waals surface area contributed by atoms with Crippen LogP contribution in [0.3, 0.4) is 0 Å². The van der Waals surface area contributed by atoms with Crippen LogP contribution in [0.5, 0.6) is 0 Å². The van der Waals surface area contributed by atoms with Crippen molar-refractivity contribution in [1.82, 2.24) is 10.2 Å². The summed E-state index contributed by atoms with van der Waals surface area (Å²) in [5, 5.41) is 11.4. The van der Waals surface area contributed by atoms with Crippen molar-refractivity contribution in [2.24, 2.45) is 0 Å². The van der Waals surface area contributed by atoms with E-state index < -0.39 is 29.7 Å². The van der Waals surface area contributed by atoms with E-state index in [4.69, 9.17) is 5.11 Å². The van der Waals surface area contributed by atoms with Crippen LogP contribution >= 0.6 is 0 Å². The van der Waals surface area contributed by atoms with Crippen LogP contribution in [0.4, 0.5) is 0 Å². The van der Waals surface area contributed by atoms with Crippen molar-refractivity contribution in [3.8, 4) is 0 Å². The van der Waals surface area contributed by atoms with E-state index in [-0.39, 0.29) is 13.0 Å². The second-order valence-electron chi connectivity index (χ2n) is 5.30. The van der Waals surface area contributed by atoms with E-state index in [0.29, 0.717) is 24.0 Å². The molecule has 1 atom stereocenters. The maximum absolute atomic E-state index is 12.1. The molecule has 0 radical (unpaired) electrons. The van der Waals surface area contributed by atoms with Crippen LogP contribution in [0.15, 0.2) is 24.3 Å². The Bertz CT molecular complexity index is 621. The van der Waals surface area contributed by atoms with Crippen molar-refractivity contribution < 1.29 is 24.3 Å². The van der Waals surface area contributed by atoms with Gasteiger partial charge in [0.25, 0.3) is 11.8 Å². The lowest BCUT2D eigenvalue weighted by molar-refractivity contribution is -0.142. The Balaban J connectivity index is 1.94. The van der Waals surface area contributed by atoms with Crippen LogP contribution in [0.25, 0.3) is 0 Å². The van der Waals surface area contributed by atoms with Gasteiger partial charge in [0, 0.05) is 13.0 Å². The number of rotatable bonds is 7. The van der Waals surface area contributed by atoms with E-state index in [9.17, 15) is 19.2 Å². The number of carbonyl (C=O) groups excluding carboxylic acids is 3. The molecule has 0 spiro atoms. The first-order valence-corrected chi connectivity index (χ1v) is 7.43. The Hall–Kier alpha value is -2.70. The van der Waals surface area contributed by atoms with Gasteiger partial charge in [-0.1, -0.05) is 25.5 Å². The minimum Gasteiger partial charge on any atom is -0.480 e. The molecule has 1 aromatic rings. The van der Waals surface area contributed by atoms with Crippen molar-refractivity contribution in [2.45, 2.75) is 32.2 Å². The molecule has 1 aliphatic rings. The van der Waals surface area contributed by atoms with Crippen molar-refractivity contribution in [3.05, 3.63) is 35.4 Å². The van der Waals surface area contributed by atoms with Gasteiger partial charge in [-0.2, -0.15) is 0 Å². The third-order valence-corrected chi connectivity index (χ3v) is 3.65. The molecule has 2 rings (SSSR count). The van der Waals surface area contributed by atoms with Gasteiger partial charge in [0.2, 0.25) is 5.91 Å². The van der Waals surface area contributed by atoms with Crippen LogP contribution in [0.1, 0.15) is 46.9 Å². The van der Waals surface area contributed by atoms with Crippen molar-refractivity contribution in [1.29, 1.82) is 0 Å². The predicted octanol–water partition coefficient (Wildman–Crippen LogP) is 1.04. The second-order valence-corrected chi connectivity index (χ2v) is 5.30. The zero-order valence-corrected chi connectivity index (χ0v) is 12.7. The highest BCUT2D eigenvalue weighted by molar-refractivity contribution is 6.21. The average molecular weight is 318 g/mol. The average Bonchev–Trinajstić information content (AvgIpc) is 2.77. The molecule has 2 N–H and O–H groups in total. The van der Waals surface area contributed by atoms with Gasteiger partial charge in [-0.3, -0.25) is 19.3 Å². The molecule has 7 nitrogen and oxygen atoms in total. The summed E-state index contributed by atoms with van der Waals surface area (Å²) in [6, 6.07) is 5.52. The number of hydrogen-bond donors (Lipinski definition) is 2. The number of benzene rings is 1. The zero-order chi connectivity index (χ0) is 17.0. The molecule has 23 heavy (non-hydrogen) atoms. The number of nitrogens with zero attached hydrogens (tertiary/aromatic N) is 1. The number of aliphatic carboxylic acids is 1. The van der Waals surface area contributed by atoms with Gasteiger partial charge in [0.1, 0.15) is 6.04 Å².